The zero-order valence-electron chi connectivity index (χ0n) is 13.5. The van der Waals surface area contributed by atoms with Crippen LogP contribution in [0.5, 0.6) is 0 Å². The van der Waals surface area contributed by atoms with Crippen molar-refractivity contribution in [2.45, 2.75) is 0 Å². The van der Waals surface area contributed by atoms with Crippen LogP contribution in [-0.2, 0) is 14.2 Å². The molecule has 0 aliphatic heterocycles. The van der Waals surface area contributed by atoms with E-state index in [0.717, 1.165) is 5.56 Å². The Bertz CT molecular complexity index is 591. The van der Waals surface area contributed by atoms with Gasteiger partial charge in [0.25, 0.3) is 0 Å². The van der Waals surface area contributed by atoms with E-state index in [-0.39, 0.29) is 0 Å². The Morgan fingerprint density at radius 1 is 0.913 bits per heavy atom. The highest BCUT2D eigenvalue weighted by Gasteiger charge is 2.14. The molecule has 0 atom stereocenters. The first kappa shape index (κ1) is 17.1. The number of rotatable bonds is 9. The Balaban J connectivity index is 2.39. The maximum absolute atomic E-state index is 5.18. The number of hydrogen-bond acceptors (Lipinski definition) is 8. The molecule has 0 radical (unpaired) electrons. The lowest BCUT2D eigenvalue weighted by molar-refractivity contribution is 0.139. The molecule has 23 heavy (non-hydrogen) atoms. The average Bonchev–Trinajstić information content (AvgIpc) is 2.60. The summed E-state index contributed by atoms with van der Waals surface area (Å²) in [6.45, 7) is 0.901. The van der Waals surface area contributed by atoms with Gasteiger partial charge in [-0.1, -0.05) is 30.3 Å². The van der Waals surface area contributed by atoms with Crippen LogP contribution >= 0.6 is 0 Å². The van der Waals surface area contributed by atoms with E-state index in [9.17, 15) is 0 Å². The normalized spacial score (nSPS) is 10.6. The summed E-state index contributed by atoms with van der Waals surface area (Å²) in [7, 11) is 4.80. The van der Waals surface area contributed by atoms with Gasteiger partial charge >= 0.3 is 0 Å². The van der Waals surface area contributed by atoms with Gasteiger partial charge in [-0.15, -0.1) is 0 Å². The van der Waals surface area contributed by atoms with E-state index >= 15 is 0 Å². The average molecular weight is 319 g/mol. The lowest BCUT2D eigenvalue weighted by atomic mass is 10.2. The number of nitrogens with zero attached hydrogens (tertiary/aromatic N) is 4. The third-order valence-electron chi connectivity index (χ3n) is 2.88. The van der Waals surface area contributed by atoms with E-state index in [1.165, 1.54) is 0 Å². The largest absolute Gasteiger partial charge is 0.364 e. The Hall–Kier alpha value is -2.29. The van der Waals surface area contributed by atoms with Crippen molar-refractivity contribution in [3.8, 4) is 11.4 Å². The highest BCUT2D eigenvalue weighted by Crippen LogP contribution is 2.19. The number of methoxy groups -OCH3 is 3. The number of hydrogen-bond donors (Lipinski definition) is 1. The molecular weight excluding hydrogens is 298 g/mol. The number of nitrogens with one attached hydrogen (secondary N) is 1. The number of anilines is 2. The summed E-state index contributed by atoms with van der Waals surface area (Å²) < 4.78 is 15.4. The third-order valence-corrected chi connectivity index (χ3v) is 2.88. The third kappa shape index (κ3) is 4.85. The zero-order valence-corrected chi connectivity index (χ0v) is 13.5. The van der Waals surface area contributed by atoms with E-state index in [1.807, 2.05) is 30.3 Å². The molecule has 0 fully saturated rings. The maximum atomic E-state index is 5.18. The van der Waals surface area contributed by atoms with Crippen LogP contribution in [0.2, 0.25) is 0 Å². The predicted molar refractivity (Wildman–Crippen MR) is 87.0 cm³/mol. The van der Waals surface area contributed by atoms with E-state index in [2.05, 4.69) is 20.3 Å². The van der Waals surface area contributed by atoms with Crippen molar-refractivity contribution < 1.29 is 14.2 Å². The fourth-order valence-electron chi connectivity index (χ4n) is 1.90. The molecule has 0 saturated carbocycles. The second-order valence-corrected chi connectivity index (χ2v) is 4.63. The molecule has 0 unspecified atom stereocenters. The molecule has 0 aliphatic rings. The van der Waals surface area contributed by atoms with Gasteiger partial charge in [-0.05, 0) is 0 Å². The number of aromatic nitrogens is 3. The molecule has 0 bridgehead atoms. The summed E-state index contributed by atoms with van der Waals surface area (Å²) in [6, 6.07) is 9.69. The molecule has 2 rings (SSSR count). The molecule has 124 valence electrons. The number of ether oxygens (including phenoxy) is 3. The van der Waals surface area contributed by atoms with E-state index in [0.29, 0.717) is 37.9 Å². The lowest BCUT2D eigenvalue weighted by Gasteiger charge is -2.21. The van der Waals surface area contributed by atoms with Gasteiger partial charge < -0.3 is 19.5 Å². The molecular formula is C15H21N5O3. The van der Waals surface area contributed by atoms with E-state index < -0.39 is 0 Å². The van der Waals surface area contributed by atoms with Crippen molar-refractivity contribution in [2.75, 3.05) is 51.7 Å². The first-order valence-electron chi connectivity index (χ1n) is 7.05. The SMILES string of the molecule is COCNc1nc(-c2ccccc2)nc(N(COC)COC)n1. The first-order valence-corrected chi connectivity index (χ1v) is 7.05. The molecule has 1 aromatic carbocycles. The molecule has 8 heteroatoms. The topological polar surface area (TPSA) is 81.6 Å². The summed E-state index contributed by atoms with van der Waals surface area (Å²) in [4.78, 5) is 15.1. The van der Waals surface area contributed by atoms with E-state index in [4.69, 9.17) is 14.2 Å². The van der Waals surface area contributed by atoms with Crippen LogP contribution in [0.3, 0.4) is 0 Å². The van der Waals surface area contributed by atoms with Crippen LogP contribution in [-0.4, -0.2) is 56.5 Å². The van der Waals surface area contributed by atoms with Gasteiger partial charge in [0.1, 0.15) is 20.2 Å². The molecule has 1 heterocycles. The smallest absolute Gasteiger partial charge is 0.234 e. The van der Waals surface area contributed by atoms with Crippen LogP contribution in [0.25, 0.3) is 11.4 Å². The second-order valence-electron chi connectivity index (χ2n) is 4.63. The molecule has 0 spiro atoms. The molecule has 0 saturated heterocycles. The summed E-state index contributed by atoms with van der Waals surface area (Å²) in [5, 5.41) is 2.99. The Labute approximate surface area is 135 Å². The lowest BCUT2D eigenvalue weighted by Crippen LogP contribution is -2.30. The Morgan fingerprint density at radius 2 is 1.61 bits per heavy atom. The van der Waals surface area contributed by atoms with Gasteiger partial charge in [0.05, 0.1) is 0 Å². The summed E-state index contributed by atoms with van der Waals surface area (Å²) in [5.41, 5.74) is 0.895. The van der Waals surface area contributed by atoms with E-state index in [1.54, 1.807) is 26.2 Å². The van der Waals surface area contributed by atoms with Crippen LogP contribution < -0.4 is 10.2 Å². The zero-order chi connectivity index (χ0) is 16.5. The van der Waals surface area contributed by atoms with Crippen molar-refractivity contribution in [3.05, 3.63) is 30.3 Å². The minimum atomic E-state index is 0.298. The fourth-order valence-corrected chi connectivity index (χ4v) is 1.90. The molecule has 0 aliphatic carbocycles. The van der Waals surface area contributed by atoms with Crippen LogP contribution in [0.1, 0.15) is 0 Å². The minimum Gasteiger partial charge on any atom is -0.364 e. The maximum Gasteiger partial charge on any atom is 0.234 e. The van der Waals surface area contributed by atoms with Crippen molar-refractivity contribution in [3.63, 3.8) is 0 Å². The van der Waals surface area contributed by atoms with Gasteiger partial charge in [0, 0.05) is 26.9 Å². The van der Waals surface area contributed by atoms with Crippen molar-refractivity contribution in [2.24, 2.45) is 0 Å². The van der Waals surface area contributed by atoms with Crippen molar-refractivity contribution in [1.82, 2.24) is 15.0 Å². The van der Waals surface area contributed by atoms with Crippen molar-refractivity contribution in [1.29, 1.82) is 0 Å². The summed E-state index contributed by atoms with van der Waals surface area (Å²) in [6.07, 6.45) is 0. The van der Waals surface area contributed by atoms with Gasteiger partial charge in [-0.2, -0.15) is 15.0 Å². The van der Waals surface area contributed by atoms with Gasteiger partial charge in [-0.25, -0.2) is 0 Å². The quantitative estimate of drug-likeness (QED) is 0.698. The van der Waals surface area contributed by atoms with Crippen LogP contribution in [0.4, 0.5) is 11.9 Å². The Kier molecular flexibility index (Phi) is 6.67. The second kappa shape index (κ2) is 8.99. The van der Waals surface area contributed by atoms with Crippen molar-refractivity contribution >= 4 is 11.9 Å². The fraction of sp³-hybridized carbons (Fsp3) is 0.400. The van der Waals surface area contributed by atoms with Gasteiger partial charge in [-0.3, -0.25) is 4.90 Å². The highest BCUT2D eigenvalue weighted by molar-refractivity contribution is 5.58. The monoisotopic (exact) mass is 319 g/mol. The number of benzene rings is 1. The van der Waals surface area contributed by atoms with Crippen LogP contribution in [0, 0.1) is 0 Å². The van der Waals surface area contributed by atoms with Gasteiger partial charge in [0.15, 0.2) is 5.82 Å². The molecule has 0 amide bonds. The van der Waals surface area contributed by atoms with Crippen LogP contribution in [0.15, 0.2) is 30.3 Å². The highest BCUT2D eigenvalue weighted by atomic mass is 16.5. The molecule has 8 nitrogen and oxygen atoms in total. The molecule has 2 aromatic rings. The standard InChI is InChI=1S/C15H21N5O3/c1-21-9-16-14-17-13(12-7-5-4-6-8-12)18-15(19-14)20(10-22-2)11-23-3/h4-8H,9-11H2,1-3H3,(H,16,17,18,19). The predicted octanol–water partition coefficient (Wildman–Crippen LogP) is 1.57. The Morgan fingerprint density at radius 3 is 2.22 bits per heavy atom. The molecule has 1 aromatic heterocycles. The summed E-state index contributed by atoms with van der Waals surface area (Å²) >= 11 is 0. The van der Waals surface area contributed by atoms with Gasteiger partial charge in [0.2, 0.25) is 11.9 Å². The summed E-state index contributed by atoms with van der Waals surface area (Å²) in [5.74, 6) is 1.44. The molecule has 1 N–H and O–H groups in total. The minimum absolute atomic E-state index is 0.298. The first-order chi connectivity index (χ1) is 11.3.